The molecule has 3 nitrogen and oxygen atoms in total. The van der Waals surface area contributed by atoms with Crippen molar-refractivity contribution < 1.29 is 9.59 Å². The Morgan fingerprint density at radius 1 is 1.27 bits per heavy atom. The number of carbonyl (C=O) groups excluding carboxylic acids is 2. The summed E-state index contributed by atoms with van der Waals surface area (Å²) in [6.07, 6.45) is 4.39. The third-order valence-corrected chi connectivity index (χ3v) is 2.01. The van der Waals surface area contributed by atoms with Crippen LogP contribution >= 0.6 is 0 Å². The SMILES string of the molecule is CC(=O)C(=O)NC1CCCC1. The number of ketones is 1. The lowest BCUT2D eigenvalue weighted by Gasteiger charge is -2.08. The van der Waals surface area contributed by atoms with Gasteiger partial charge in [0.15, 0.2) is 0 Å². The van der Waals surface area contributed by atoms with Crippen LogP contribution in [0.3, 0.4) is 0 Å². The standard InChI is InChI=1S/C8H13NO2/c1-6(10)8(11)9-7-4-2-3-5-7/h7H,2-5H2,1H3,(H,9,11). The molecule has 62 valence electrons. The first-order chi connectivity index (χ1) is 5.20. The summed E-state index contributed by atoms with van der Waals surface area (Å²) in [6, 6.07) is 0.256. The van der Waals surface area contributed by atoms with E-state index in [9.17, 15) is 9.59 Å². The van der Waals surface area contributed by atoms with Crippen molar-refractivity contribution in [3.8, 4) is 0 Å². The van der Waals surface area contributed by atoms with Crippen molar-refractivity contribution in [2.24, 2.45) is 0 Å². The van der Waals surface area contributed by atoms with Crippen LogP contribution in [0.25, 0.3) is 0 Å². The maximum atomic E-state index is 10.8. The fraction of sp³-hybridized carbons (Fsp3) is 0.750. The molecule has 1 aliphatic rings. The fourth-order valence-corrected chi connectivity index (χ4v) is 1.36. The summed E-state index contributed by atoms with van der Waals surface area (Å²) in [4.78, 5) is 21.4. The molecule has 1 saturated carbocycles. The predicted octanol–water partition coefficient (Wildman–Crippen LogP) is 0.634. The molecule has 0 saturated heterocycles. The van der Waals surface area contributed by atoms with E-state index < -0.39 is 11.7 Å². The van der Waals surface area contributed by atoms with Crippen LogP contribution in [0.2, 0.25) is 0 Å². The lowest BCUT2D eigenvalue weighted by atomic mass is 10.2. The van der Waals surface area contributed by atoms with E-state index in [-0.39, 0.29) is 6.04 Å². The quantitative estimate of drug-likeness (QED) is 0.594. The summed E-state index contributed by atoms with van der Waals surface area (Å²) in [5, 5.41) is 2.69. The van der Waals surface area contributed by atoms with Crippen LogP contribution in [-0.4, -0.2) is 17.7 Å². The Balaban J connectivity index is 2.29. The van der Waals surface area contributed by atoms with Crippen LogP contribution in [0.4, 0.5) is 0 Å². The lowest BCUT2D eigenvalue weighted by molar-refractivity contribution is -0.137. The number of hydrogen-bond donors (Lipinski definition) is 1. The second-order valence-corrected chi connectivity index (χ2v) is 3.01. The molecular formula is C8H13NO2. The molecule has 0 aromatic rings. The number of amides is 1. The Kier molecular flexibility index (Phi) is 2.63. The highest BCUT2D eigenvalue weighted by atomic mass is 16.2. The van der Waals surface area contributed by atoms with Gasteiger partial charge in [0.25, 0.3) is 5.91 Å². The molecule has 0 spiro atoms. The van der Waals surface area contributed by atoms with Gasteiger partial charge in [-0.25, -0.2) is 0 Å². The Hall–Kier alpha value is -0.860. The van der Waals surface area contributed by atoms with E-state index in [1.807, 2.05) is 0 Å². The second kappa shape index (κ2) is 3.51. The maximum Gasteiger partial charge on any atom is 0.287 e. The van der Waals surface area contributed by atoms with Crippen molar-refractivity contribution >= 4 is 11.7 Å². The van der Waals surface area contributed by atoms with E-state index in [1.54, 1.807) is 0 Å². The number of Topliss-reactive ketones (excluding diaryl/α,β-unsaturated/α-hetero) is 1. The minimum Gasteiger partial charge on any atom is -0.347 e. The smallest absolute Gasteiger partial charge is 0.287 e. The average molecular weight is 155 g/mol. The molecule has 0 radical (unpaired) electrons. The monoisotopic (exact) mass is 155 g/mol. The van der Waals surface area contributed by atoms with E-state index in [1.165, 1.54) is 19.8 Å². The van der Waals surface area contributed by atoms with Crippen LogP contribution in [0.1, 0.15) is 32.6 Å². The molecule has 1 aliphatic carbocycles. The van der Waals surface area contributed by atoms with Gasteiger partial charge in [-0.05, 0) is 12.8 Å². The second-order valence-electron chi connectivity index (χ2n) is 3.01. The molecule has 0 aromatic carbocycles. The topological polar surface area (TPSA) is 46.2 Å². The third-order valence-electron chi connectivity index (χ3n) is 2.01. The van der Waals surface area contributed by atoms with Crippen molar-refractivity contribution in [3.05, 3.63) is 0 Å². The Bertz CT molecular complexity index is 171. The molecule has 1 rings (SSSR count). The number of hydrogen-bond acceptors (Lipinski definition) is 2. The van der Waals surface area contributed by atoms with Crippen molar-refractivity contribution in [1.29, 1.82) is 0 Å². The number of rotatable bonds is 2. The Morgan fingerprint density at radius 2 is 1.82 bits per heavy atom. The van der Waals surface area contributed by atoms with Gasteiger partial charge < -0.3 is 5.32 Å². The first-order valence-corrected chi connectivity index (χ1v) is 4.01. The van der Waals surface area contributed by atoms with Crippen LogP contribution in [0.15, 0.2) is 0 Å². The van der Waals surface area contributed by atoms with Gasteiger partial charge in [0.2, 0.25) is 5.78 Å². The van der Waals surface area contributed by atoms with Crippen LogP contribution in [-0.2, 0) is 9.59 Å². The molecule has 3 heteroatoms. The molecule has 1 amide bonds. The van der Waals surface area contributed by atoms with Gasteiger partial charge in [0, 0.05) is 13.0 Å². The summed E-state index contributed by atoms with van der Waals surface area (Å²) in [5.74, 6) is -0.825. The van der Waals surface area contributed by atoms with Gasteiger partial charge >= 0.3 is 0 Å². The largest absolute Gasteiger partial charge is 0.347 e. The first-order valence-electron chi connectivity index (χ1n) is 4.01. The summed E-state index contributed by atoms with van der Waals surface area (Å²) >= 11 is 0. The van der Waals surface area contributed by atoms with Crippen LogP contribution in [0, 0.1) is 0 Å². The molecule has 0 aliphatic heterocycles. The van der Waals surface area contributed by atoms with Crippen LogP contribution < -0.4 is 5.32 Å². The zero-order valence-corrected chi connectivity index (χ0v) is 6.72. The zero-order chi connectivity index (χ0) is 8.27. The van der Waals surface area contributed by atoms with Crippen molar-refractivity contribution in [1.82, 2.24) is 5.32 Å². The Labute approximate surface area is 66.2 Å². The van der Waals surface area contributed by atoms with Gasteiger partial charge in [-0.2, -0.15) is 0 Å². The minimum atomic E-state index is -0.433. The van der Waals surface area contributed by atoms with Crippen molar-refractivity contribution in [3.63, 3.8) is 0 Å². The first kappa shape index (κ1) is 8.24. The van der Waals surface area contributed by atoms with Crippen molar-refractivity contribution in [2.45, 2.75) is 38.6 Å². The minimum absolute atomic E-state index is 0.256. The summed E-state index contributed by atoms with van der Waals surface area (Å²) < 4.78 is 0. The highest BCUT2D eigenvalue weighted by molar-refractivity contribution is 6.35. The number of carbonyl (C=O) groups is 2. The van der Waals surface area contributed by atoms with E-state index in [4.69, 9.17) is 0 Å². The van der Waals surface area contributed by atoms with E-state index >= 15 is 0 Å². The molecule has 0 unspecified atom stereocenters. The molecule has 1 N–H and O–H groups in total. The van der Waals surface area contributed by atoms with Gasteiger partial charge in [0.05, 0.1) is 0 Å². The molecule has 0 bridgehead atoms. The highest BCUT2D eigenvalue weighted by Gasteiger charge is 2.18. The van der Waals surface area contributed by atoms with Gasteiger partial charge in [0.1, 0.15) is 0 Å². The van der Waals surface area contributed by atoms with Gasteiger partial charge in [-0.15, -0.1) is 0 Å². The Morgan fingerprint density at radius 3 is 2.27 bits per heavy atom. The molecule has 0 heterocycles. The molecule has 1 fully saturated rings. The molecule has 0 atom stereocenters. The van der Waals surface area contributed by atoms with Crippen LogP contribution in [0.5, 0.6) is 0 Å². The summed E-state index contributed by atoms with van der Waals surface area (Å²) in [5.41, 5.74) is 0. The van der Waals surface area contributed by atoms with E-state index in [2.05, 4.69) is 5.32 Å². The maximum absolute atomic E-state index is 10.8. The highest BCUT2D eigenvalue weighted by Crippen LogP contribution is 2.17. The predicted molar refractivity (Wildman–Crippen MR) is 41.1 cm³/mol. The molecule has 11 heavy (non-hydrogen) atoms. The number of nitrogens with one attached hydrogen (secondary N) is 1. The molecular weight excluding hydrogens is 142 g/mol. The van der Waals surface area contributed by atoms with Crippen molar-refractivity contribution in [2.75, 3.05) is 0 Å². The van der Waals surface area contributed by atoms with Gasteiger partial charge in [-0.3, -0.25) is 9.59 Å². The summed E-state index contributed by atoms with van der Waals surface area (Å²) in [6.45, 7) is 1.30. The normalized spacial score (nSPS) is 18.3. The van der Waals surface area contributed by atoms with E-state index in [0.717, 1.165) is 12.8 Å². The fourth-order valence-electron chi connectivity index (χ4n) is 1.36. The summed E-state index contributed by atoms with van der Waals surface area (Å²) in [7, 11) is 0. The van der Waals surface area contributed by atoms with E-state index in [0.29, 0.717) is 0 Å². The third kappa shape index (κ3) is 2.33. The lowest BCUT2D eigenvalue weighted by Crippen LogP contribution is -2.36. The molecule has 0 aromatic heterocycles. The average Bonchev–Trinajstić information content (AvgIpc) is 2.39. The zero-order valence-electron chi connectivity index (χ0n) is 6.72. The van der Waals surface area contributed by atoms with Gasteiger partial charge in [-0.1, -0.05) is 12.8 Å².